The highest BCUT2D eigenvalue weighted by atomic mass is 19.2. The van der Waals surface area contributed by atoms with E-state index in [0.717, 1.165) is 42.6 Å². The largest absolute Gasteiger partial charge is 0.204 e. The summed E-state index contributed by atoms with van der Waals surface area (Å²) in [6, 6.07) is 5.80. The quantitative estimate of drug-likeness (QED) is 0.284. The van der Waals surface area contributed by atoms with Gasteiger partial charge in [0.1, 0.15) is 6.07 Å². The summed E-state index contributed by atoms with van der Waals surface area (Å²) in [4.78, 5) is 0. The number of benzene rings is 1. The normalized spacial score (nSPS) is 27.1. The molecule has 0 amide bonds. The van der Waals surface area contributed by atoms with E-state index < -0.39 is 17.5 Å². The van der Waals surface area contributed by atoms with E-state index in [0.29, 0.717) is 12.3 Å². The third kappa shape index (κ3) is 7.70. The fraction of sp³-hybridized carbons (Fsp3) is 0.667. The average Bonchev–Trinajstić information content (AvgIpc) is 2.80. The topological polar surface area (TPSA) is 23.8 Å². The summed E-state index contributed by atoms with van der Waals surface area (Å²) in [6.45, 7) is 0. The van der Waals surface area contributed by atoms with Crippen LogP contribution in [0.25, 0.3) is 0 Å². The Hall–Kier alpha value is -1.76. The smallest absolute Gasteiger partial charge is 0.196 e. The predicted octanol–water partition coefficient (Wildman–Crippen LogP) is 8.45. The van der Waals surface area contributed by atoms with Crippen LogP contribution < -0.4 is 0 Å². The number of halogens is 3. The van der Waals surface area contributed by atoms with Gasteiger partial charge < -0.3 is 0 Å². The Morgan fingerprint density at radius 3 is 2.06 bits per heavy atom. The molecule has 31 heavy (non-hydrogen) atoms. The summed E-state index contributed by atoms with van der Waals surface area (Å²) in [5, 5.41) is 8.48. The molecule has 4 heteroatoms. The van der Waals surface area contributed by atoms with Gasteiger partial charge in [0, 0.05) is 0 Å². The van der Waals surface area contributed by atoms with Crippen LogP contribution in [-0.4, -0.2) is 0 Å². The summed E-state index contributed by atoms with van der Waals surface area (Å²) in [5.41, 5.74) is 0.893. The Balaban J connectivity index is 1.27. The second-order valence-electron chi connectivity index (χ2n) is 9.80. The van der Waals surface area contributed by atoms with Gasteiger partial charge in [0.05, 0.1) is 0 Å². The van der Waals surface area contributed by atoms with Crippen molar-refractivity contribution in [3.63, 3.8) is 0 Å². The summed E-state index contributed by atoms with van der Waals surface area (Å²) in [6.07, 6.45) is 18.0. The summed E-state index contributed by atoms with van der Waals surface area (Å²) in [7, 11) is 0. The summed E-state index contributed by atoms with van der Waals surface area (Å²) < 4.78 is 39.2. The van der Waals surface area contributed by atoms with Crippen LogP contribution in [0, 0.1) is 46.6 Å². The van der Waals surface area contributed by atoms with E-state index in [4.69, 9.17) is 5.26 Å². The van der Waals surface area contributed by atoms with Crippen LogP contribution in [0.15, 0.2) is 30.1 Å². The van der Waals surface area contributed by atoms with Crippen LogP contribution in [-0.2, 0) is 6.42 Å². The number of aryl methyl sites for hydroxylation is 1. The van der Waals surface area contributed by atoms with Crippen LogP contribution in [0.4, 0.5) is 13.2 Å². The molecule has 0 radical (unpaired) electrons. The molecule has 0 aliphatic heterocycles. The molecule has 2 saturated carbocycles. The van der Waals surface area contributed by atoms with Crippen molar-refractivity contribution in [1.29, 1.82) is 5.26 Å². The molecule has 0 saturated heterocycles. The molecular formula is C27H36F3N. The monoisotopic (exact) mass is 431 g/mol. The van der Waals surface area contributed by atoms with Gasteiger partial charge in [0.25, 0.3) is 0 Å². The van der Waals surface area contributed by atoms with Crippen molar-refractivity contribution in [2.24, 2.45) is 23.7 Å². The van der Waals surface area contributed by atoms with Crippen LogP contribution in [0.3, 0.4) is 0 Å². The van der Waals surface area contributed by atoms with E-state index in [1.54, 1.807) is 12.1 Å². The van der Waals surface area contributed by atoms with E-state index in [9.17, 15) is 13.2 Å². The lowest BCUT2D eigenvalue weighted by atomic mass is 9.68. The molecule has 2 aliphatic rings. The first kappa shape index (κ1) is 23.9. The third-order valence-corrected chi connectivity index (χ3v) is 7.77. The fourth-order valence-corrected chi connectivity index (χ4v) is 5.85. The Morgan fingerprint density at radius 1 is 0.871 bits per heavy atom. The van der Waals surface area contributed by atoms with E-state index in [2.05, 4.69) is 0 Å². The van der Waals surface area contributed by atoms with Gasteiger partial charge in [-0.1, -0.05) is 44.6 Å². The maximum absolute atomic E-state index is 13.3. The molecule has 2 aliphatic carbocycles. The molecule has 0 heterocycles. The van der Waals surface area contributed by atoms with Crippen LogP contribution in [0.5, 0.6) is 0 Å². The first-order valence-corrected chi connectivity index (χ1v) is 12.2. The maximum Gasteiger partial charge on any atom is 0.196 e. The zero-order chi connectivity index (χ0) is 22.1. The van der Waals surface area contributed by atoms with Gasteiger partial charge >= 0.3 is 0 Å². The molecule has 0 unspecified atom stereocenters. The van der Waals surface area contributed by atoms with E-state index in [-0.39, 0.29) is 0 Å². The average molecular weight is 432 g/mol. The van der Waals surface area contributed by atoms with Crippen molar-refractivity contribution in [1.82, 2.24) is 0 Å². The second-order valence-corrected chi connectivity index (χ2v) is 9.80. The highest BCUT2D eigenvalue weighted by Crippen LogP contribution is 2.43. The third-order valence-electron chi connectivity index (χ3n) is 7.77. The van der Waals surface area contributed by atoms with Crippen molar-refractivity contribution in [3.05, 3.63) is 47.3 Å². The van der Waals surface area contributed by atoms with Crippen molar-refractivity contribution in [2.45, 2.75) is 89.9 Å². The molecule has 1 nitrogen and oxygen atoms in total. The Kier molecular flexibility index (Phi) is 9.50. The van der Waals surface area contributed by atoms with E-state index in [1.165, 1.54) is 82.4 Å². The van der Waals surface area contributed by atoms with Gasteiger partial charge in [0.15, 0.2) is 17.5 Å². The Labute approximate surface area is 185 Å². The predicted molar refractivity (Wildman–Crippen MR) is 119 cm³/mol. The standard InChI is InChI=1S/C27H36F3N/c28-25(19-31)7-3-6-21-10-15-24(16-11-21)23-13-8-20(9-14-23)4-1-2-5-22-12-17-26(29)27(30)18-22/h7,12,17-18,20-21,23-24H,1-6,8-11,13-16H2. The van der Waals surface area contributed by atoms with Gasteiger partial charge in [0.2, 0.25) is 0 Å². The van der Waals surface area contributed by atoms with Crippen molar-refractivity contribution in [2.75, 3.05) is 0 Å². The van der Waals surface area contributed by atoms with Crippen molar-refractivity contribution < 1.29 is 13.2 Å². The molecule has 0 N–H and O–H groups in total. The van der Waals surface area contributed by atoms with Crippen molar-refractivity contribution in [3.8, 4) is 6.07 Å². The number of unbranched alkanes of at least 4 members (excludes halogenated alkanes) is 1. The van der Waals surface area contributed by atoms with Gasteiger partial charge in [-0.15, -0.1) is 0 Å². The lowest BCUT2D eigenvalue weighted by Crippen LogP contribution is -2.25. The number of hydrogen-bond acceptors (Lipinski definition) is 1. The molecular weight excluding hydrogens is 395 g/mol. The van der Waals surface area contributed by atoms with E-state index in [1.807, 2.05) is 0 Å². The summed E-state index contributed by atoms with van der Waals surface area (Å²) >= 11 is 0. The molecule has 1 aromatic rings. The molecule has 0 spiro atoms. The Morgan fingerprint density at radius 2 is 1.48 bits per heavy atom. The number of nitriles is 1. The molecule has 0 atom stereocenters. The molecule has 0 aromatic heterocycles. The van der Waals surface area contributed by atoms with Crippen LogP contribution >= 0.6 is 0 Å². The highest BCUT2D eigenvalue weighted by Gasteiger charge is 2.30. The van der Waals surface area contributed by atoms with Gasteiger partial charge in [-0.05, 0) is 98.8 Å². The minimum absolute atomic E-state index is 0.644. The first-order valence-electron chi connectivity index (χ1n) is 12.2. The molecule has 2 fully saturated rings. The van der Waals surface area contributed by atoms with Crippen molar-refractivity contribution >= 4 is 0 Å². The first-order chi connectivity index (χ1) is 15.0. The van der Waals surface area contributed by atoms with Gasteiger partial charge in [-0.2, -0.15) is 9.65 Å². The van der Waals surface area contributed by atoms with Gasteiger partial charge in [-0.3, -0.25) is 0 Å². The SMILES string of the molecule is N#CC(F)=CCCC1CCC(C2CCC(CCCCc3ccc(F)c(F)c3)CC2)CC1. The minimum atomic E-state index is -0.767. The van der Waals surface area contributed by atoms with Crippen LogP contribution in [0.1, 0.15) is 89.0 Å². The fourth-order valence-electron chi connectivity index (χ4n) is 5.85. The zero-order valence-corrected chi connectivity index (χ0v) is 18.6. The second kappa shape index (κ2) is 12.3. The zero-order valence-electron chi connectivity index (χ0n) is 18.6. The van der Waals surface area contributed by atoms with Crippen LogP contribution in [0.2, 0.25) is 0 Å². The van der Waals surface area contributed by atoms with E-state index >= 15 is 0 Å². The molecule has 0 bridgehead atoms. The molecule has 1 aromatic carbocycles. The summed E-state index contributed by atoms with van der Waals surface area (Å²) in [5.74, 6) is 1.14. The minimum Gasteiger partial charge on any atom is -0.204 e. The maximum atomic E-state index is 13.3. The Bertz CT molecular complexity index is 750. The molecule has 170 valence electrons. The highest BCUT2D eigenvalue weighted by molar-refractivity contribution is 5.17. The van der Waals surface area contributed by atoms with Gasteiger partial charge in [-0.25, -0.2) is 8.78 Å². The number of allylic oxidation sites excluding steroid dienone is 2. The molecule has 3 rings (SSSR count). The number of nitrogens with zero attached hydrogens (tertiary/aromatic N) is 1. The lowest BCUT2D eigenvalue weighted by molar-refractivity contribution is 0.140. The lowest BCUT2D eigenvalue weighted by Gasteiger charge is -2.38. The number of rotatable bonds is 9. The number of hydrogen-bond donors (Lipinski definition) is 0.